The van der Waals surface area contributed by atoms with Crippen LogP contribution in [-0.2, 0) is 9.59 Å². The van der Waals surface area contributed by atoms with Crippen LogP contribution in [0.5, 0.6) is 0 Å². The Bertz CT molecular complexity index is 409. The molecule has 1 rings (SSSR count). The molecule has 1 aromatic carbocycles. The van der Waals surface area contributed by atoms with Gasteiger partial charge >= 0.3 is 106 Å². The predicted molar refractivity (Wildman–Crippen MR) is 96.1 cm³/mol. The molecule has 0 unspecified atom stereocenters. The summed E-state index contributed by atoms with van der Waals surface area (Å²) in [6.45, 7) is 5.50. The maximum absolute atomic E-state index is 11.4. The van der Waals surface area contributed by atoms with Gasteiger partial charge in [-0.3, -0.25) is 0 Å². The minimum absolute atomic E-state index is 0.0229. The standard InChI is InChI=1S/C12H17AsN2O2.C2H6S2/c1-3-11(16)14-13(15-12(17)4-2)10-8-6-5-7-9-10;1-2(3)4/h5-9H,3-4H2,1-2H3,(H,14,16)(H,15,17);2-4H,1H3. The van der Waals surface area contributed by atoms with Crippen molar-refractivity contribution in [2.45, 2.75) is 38.2 Å². The second kappa shape index (κ2) is 12.0. The fourth-order valence-corrected chi connectivity index (χ4v) is 4.50. The number of carbonyl (C=O) groups excluding carboxylic acids is 2. The van der Waals surface area contributed by atoms with Gasteiger partial charge in [-0.2, -0.15) is 25.3 Å². The number of thiol groups is 2. The van der Waals surface area contributed by atoms with Crippen LogP contribution in [0.1, 0.15) is 33.6 Å². The number of amides is 2. The average molecular weight is 390 g/mol. The van der Waals surface area contributed by atoms with Crippen LogP contribution in [0.3, 0.4) is 0 Å². The van der Waals surface area contributed by atoms with Crippen molar-refractivity contribution in [3.63, 3.8) is 0 Å². The summed E-state index contributed by atoms with van der Waals surface area (Å²) in [6, 6.07) is 9.61. The zero-order valence-corrected chi connectivity index (χ0v) is 16.2. The quantitative estimate of drug-likeness (QED) is 0.351. The Balaban J connectivity index is 0.000000885. The first-order valence-corrected chi connectivity index (χ1v) is 10.6. The molecule has 0 aliphatic carbocycles. The molecular weight excluding hydrogens is 367 g/mol. The number of nitrogens with one attached hydrogen (secondary N) is 2. The van der Waals surface area contributed by atoms with Crippen LogP contribution in [0.15, 0.2) is 30.3 Å². The molecule has 0 atom stereocenters. The first kappa shape index (κ1) is 20.4. The van der Waals surface area contributed by atoms with Gasteiger partial charge in [-0.15, -0.1) is 0 Å². The molecule has 0 aliphatic heterocycles. The zero-order chi connectivity index (χ0) is 16.3. The second-order valence-corrected chi connectivity index (χ2v) is 9.47. The van der Waals surface area contributed by atoms with Gasteiger partial charge < -0.3 is 0 Å². The Hall–Kier alpha value is -0.582. The van der Waals surface area contributed by atoms with E-state index >= 15 is 0 Å². The molecule has 0 saturated heterocycles. The zero-order valence-electron chi connectivity index (χ0n) is 12.5. The molecule has 21 heavy (non-hydrogen) atoms. The molecule has 2 N–H and O–H groups in total. The van der Waals surface area contributed by atoms with Gasteiger partial charge in [0.05, 0.1) is 0 Å². The van der Waals surface area contributed by atoms with Crippen LogP contribution in [0.25, 0.3) is 0 Å². The Morgan fingerprint density at radius 3 is 1.76 bits per heavy atom. The normalized spacial score (nSPS) is 9.86. The fourth-order valence-electron chi connectivity index (χ4n) is 1.14. The molecule has 0 heterocycles. The number of rotatable bonds is 5. The fraction of sp³-hybridized carbons (Fsp3) is 0.429. The Kier molecular flexibility index (Phi) is 11.7. The van der Waals surface area contributed by atoms with Gasteiger partial charge in [-0.05, 0) is 6.92 Å². The van der Waals surface area contributed by atoms with Crippen molar-refractivity contribution in [3.05, 3.63) is 30.3 Å². The number of hydrogen-bond donors (Lipinski definition) is 4. The summed E-state index contributed by atoms with van der Waals surface area (Å²) in [7, 11) is 0. The molecular formula is C14H23AsN2O2S2. The van der Waals surface area contributed by atoms with Gasteiger partial charge in [-0.1, -0.05) is 0 Å². The van der Waals surface area contributed by atoms with E-state index in [1.807, 2.05) is 37.3 Å². The third kappa shape index (κ3) is 10.7. The van der Waals surface area contributed by atoms with Crippen molar-refractivity contribution in [1.29, 1.82) is 0 Å². The number of benzene rings is 1. The van der Waals surface area contributed by atoms with Crippen molar-refractivity contribution in [3.8, 4) is 0 Å². The van der Waals surface area contributed by atoms with E-state index in [-0.39, 0.29) is 16.4 Å². The molecule has 0 aromatic heterocycles. The molecule has 118 valence electrons. The summed E-state index contributed by atoms with van der Waals surface area (Å²) >= 11 is 5.64. The van der Waals surface area contributed by atoms with E-state index in [0.29, 0.717) is 12.8 Å². The van der Waals surface area contributed by atoms with Crippen LogP contribution in [0.2, 0.25) is 0 Å². The van der Waals surface area contributed by atoms with Crippen molar-refractivity contribution in [1.82, 2.24) is 8.47 Å². The molecule has 0 saturated carbocycles. The van der Waals surface area contributed by atoms with Crippen LogP contribution >= 0.6 is 25.3 Å². The van der Waals surface area contributed by atoms with Crippen molar-refractivity contribution < 1.29 is 9.59 Å². The van der Waals surface area contributed by atoms with E-state index in [1.165, 1.54) is 0 Å². The Labute approximate surface area is 143 Å². The molecule has 7 heteroatoms. The maximum atomic E-state index is 11.4. The van der Waals surface area contributed by atoms with Gasteiger partial charge in [-0.25, -0.2) is 0 Å². The van der Waals surface area contributed by atoms with Gasteiger partial charge in [0.25, 0.3) is 0 Å². The summed E-state index contributed by atoms with van der Waals surface area (Å²) in [6.07, 6.45) is 0.861. The van der Waals surface area contributed by atoms with Crippen LogP contribution in [-0.4, -0.2) is 31.5 Å². The molecule has 2 amide bonds. The van der Waals surface area contributed by atoms with Crippen LogP contribution < -0.4 is 12.8 Å². The molecule has 0 aliphatic rings. The summed E-state index contributed by atoms with van der Waals surface area (Å²) in [5, 5.41) is 0. The van der Waals surface area contributed by atoms with Crippen molar-refractivity contribution in [2.75, 3.05) is 0 Å². The van der Waals surface area contributed by atoms with Crippen molar-refractivity contribution >= 4 is 56.5 Å². The Morgan fingerprint density at radius 1 is 1.05 bits per heavy atom. The molecule has 0 spiro atoms. The molecule has 0 radical (unpaired) electrons. The SMILES string of the molecule is CC(S)S.CCC(=O)N[As](NC(=O)CC)c1ccccc1. The third-order valence-electron chi connectivity index (χ3n) is 2.13. The first-order chi connectivity index (χ1) is 9.90. The minimum atomic E-state index is -2.02. The summed E-state index contributed by atoms with van der Waals surface area (Å²) in [5.41, 5.74) is 0. The second-order valence-electron chi connectivity index (χ2n) is 4.08. The molecule has 0 fully saturated rings. The van der Waals surface area contributed by atoms with Crippen molar-refractivity contribution in [2.24, 2.45) is 0 Å². The Morgan fingerprint density at radius 2 is 1.43 bits per heavy atom. The van der Waals surface area contributed by atoms with Crippen LogP contribution in [0, 0.1) is 0 Å². The van der Waals surface area contributed by atoms with Crippen LogP contribution in [0.4, 0.5) is 0 Å². The number of carbonyl (C=O) groups is 2. The molecule has 0 bridgehead atoms. The van der Waals surface area contributed by atoms with E-state index in [0.717, 1.165) is 4.35 Å². The topological polar surface area (TPSA) is 58.2 Å². The molecule has 1 aromatic rings. The summed E-state index contributed by atoms with van der Waals surface area (Å²) in [4.78, 5) is 22.9. The van der Waals surface area contributed by atoms with E-state index in [4.69, 9.17) is 0 Å². The number of hydrogen-bond acceptors (Lipinski definition) is 4. The van der Waals surface area contributed by atoms with Gasteiger partial charge in [0, 0.05) is 4.58 Å². The van der Waals surface area contributed by atoms with Gasteiger partial charge in [0.1, 0.15) is 0 Å². The molecule has 4 nitrogen and oxygen atoms in total. The predicted octanol–water partition coefficient (Wildman–Crippen LogP) is 1.63. The summed E-state index contributed by atoms with van der Waals surface area (Å²) in [5.74, 6) is -0.0458. The summed E-state index contributed by atoms with van der Waals surface area (Å²) < 4.78 is 7.09. The van der Waals surface area contributed by atoms with E-state index in [1.54, 1.807) is 13.8 Å². The third-order valence-corrected chi connectivity index (χ3v) is 5.82. The average Bonchev–Trinajstić information content (AvgIpc) is 2.46. The van der Waals surface area contributed by atoms with E-state index in [9.17, 15) is 9.59 Å². The van der Waals surface area contributed by atoms with Gasteiger partial charge in [0.15, 0.2) is 0 Å². The van der Waals surface area contributed by atoms with E-state index < -0.39 is 15.1 Å². The van der Waals surface area contributed by atoms with Gasteiger partial charge in [0.2, 0.25) is 0 Å². The first-order valence-electron chi connectivity index (χ1n) is 6.70. The van der Waals surface area contributed by atoms with E-state index in [2.05, 4.69) is 33.7 Å². The monoisotopic (exact) mass is 390 g/mol.